The molecule has 3 N–H and O–H groups in total. The van der Waals surface area contributed by atoms with Gasteiger partial charge in [0.2, 0.25) is 5.95 Å². The Morgan fingerprint density at radius 3 is 2.59 bits per heavy atom. The number of amides is 2. The van der Waals surface area contributed by atoms with Gasteiger partial charge in [0, 0.05) is 44.1 Å². The number of ether oxygens (including phenoxy) is 1. The highest BCUT2D eigenvalue weighted by molar-refractivity contribution is 5.95. The lowest BCUT2D eigenvalue weighted by molar-refractivity contribution is 0.0387. The molecule has 0 atom stereocenters. The summed E-state index contributed by atoms with van der Waals surface area (Å²) in [5, 5.41) is 9.12. The SMILES string of the molecule is CC.O=C(NCCN1CCOCC1)N1CCc2ccc(Nc3ncc(F)c(Nc4ccccc4)n3)cc21. The Kier molecular flexibility index (Phi) is 9.23. The van der Waals surface area contributed by atoms with Crippen LogP contribution in [0, 0.1) is 5.82 Å². The number of carbonyl (C=O) groups is 1. The van der Waals surface area contributed by atoms with E-state index < -0.39 is 5.82 Å². The number of carbonyl (C=O) groups excluding carboxylic acids is 1. The van der Waals surface area contributed by atoms with Gasteiger partial charge in [-0.05, 0) is 36.2 Å². The topological polar surface area (TPSA) is 94.7 Å². The highest BCUT2D eigenvalue weighted by atomic mass is 19.1. The van der Waals surface area contributed by atoms with Crippen LogP contribution in [-0.4, -0.2) is 66.8 Å². The molecule has 5 rings (SSSR count). The number of aromatic nitrogens is 2. The minimum absolute atomic E-state index is 0.0798. The molecular weight excluding hydrogens is 473 g/mol. The molecule has 196 valence electrons. The van der Waals surface area contributed by atoms with E-state index in [1.807, 2.05) is 62.4 Å². The van der Waals surface area contributed by atoms with Gasteiger partial charge in [-0.3, -0.25) is 9.80 Å². The zero-order valence-corrected chi connectivity index (χ0v) is 21.3. The molecule has 1 saturated heterocycles. The van der Waals surface area contributed by atoms with E-state index in [9.17, 15) is 9.18 Å². The lowest BCUT2D eigenvalue weighted by Gasteiger charge is -2.27. The van der Waals surface area contributed by atoms with Crippen LogP contribution in [0.2, 0.25) is 0 Å². The summed E-state index contributed by atoms with van der Waals surface area (Å²) in [6.07, 6.45) is 1.92. The number of urea groups is 1. The Morgan fingerprint density at radius 2 is 1.81 bits per heavy atom. The quantitative estimate of drug-likeness (QED) is 0.432. The smallest absolute Gasteiger partial charge is 0.321 e. The second-order valence-corrected chi connectivity index (χ2v) is 8.44. The highest BCUT2D eigenvalue weighted by Crippen LogP contribution is 2.32. The molecule has 0 bridgehead atoms. The first-order valence-electron chi connectivity index (χ1n) is 12.8. The molecule has 0 radical (unpaired) electrons. The van der Waals surface area contributed by atoms with E-state index in [0.29, 0.717) is 18.8 Å². The van der Waals surface area contributed by atoms with Crippen molar-refractivity contribution in [3.05, 3.63) is 66.1 Å². The molecule has 2 aliphatic rings. The van der Waals surface area contributed by atoms with Gasteiger partial charge in [-0.2, -0.15) is 4.98 Å². The number of benzene rings is 2. The number of para-hydroxylation sites is 1. The van der Waals surface area contributed by atoms with Crippen LogP contribution >= 0.6 is 0 Å². The van der Waals surface area contributed by atoms with Gasteiger partial charge < -0.3 is 20.7 Å². The van der Waals surface area contributed by atoms with Gasteiger partial charge >= 0.3 is 6.03 Å². The summed E-state index contributed by atoms with van der Waals surface area (Å²) >= 11 is 0. The van der Waals surface area contributed by atoms with E-state index in [0.717, 1.165) is 62.4 Å². The third kappa shape index (κ3) is 6.93. The molecule has 1 aromatic heterocycles. The van der Waals surface area contributed by atoms with Crippen LogP contribution < -0.4 is 20.9 Å². The molecular formula is C27H34FN7O2. The van der Waals surface area contributed by atoms with E-state index in [1.165, 1.54) is 0 Å². The van der Waals surface area contributed by atoms with Crippen molar-refractivity contribution in [1.29, 1.82) is 0 Å². The van der Waals surface area contributed by atoms with Crippen LogP contribution in [0.4, 0.5) is 38.0 Å². The number of hydrogen-bond acceptors (Lipinski definition) is 7. The summed E-state index contributed by atoms with van der Waals surface area (Å²) in [5.41, 5.74) is 3.40. The van der Waals surface area contributed by atoms with Gasteiger partial charge in [0.05, 0.1) is 25.1 Å². The highest BCUT2D eigenvalue weighted by Gasteiger charge is 2.25. The van der Waals surface area contributed by atoms with Crippen molar-refractivity contribution in [3.8, 4) is 0 Å². The maximum atomic E-state index is 14.3. The number of morpholine rings is 1. The van der Waals surface area contributed by atoms with Crippen LogP contribution in [0.3, 0.4) is 0 Å². The molecule has 0 saturated carbocycles. The van der Waals surface area contributed by atoms with Crippen molar-refractivity contribution in [2.75, 3.05) is 61.5 Å². The molecule has 3 heterocycles. The van der Waals surface area contributed by atoms with Gasteiger partial charge in [-0.1, -0.05) is 38.1 Å². The minimum atomic E-state index is -0.548. The minimum Gasteiger partial charge on any atom is -0.379 e. The van der Waals surface area contributed by atoms with Crippen molar-refractivity contribution in [3.63, 3.8) is 0 Å². The van der Waals surface area contributed by atoms with E-state index in [1.54, 1.807) is 4.90 Å². The fraction of sp³-hybridized carbons (Fsp3) is 0.370. The molecule has 3 aromatic rings. The van der Waals surface area contributed by atoms with E-state index in [2.05, 4.69) is 30.8 Å². The van der Waals surface area contributed by atoms with E-state index in [4.69, 9.17) is 4.74 Å². The summed E-state index contributed by atoms with van der Waals surface area (Å²) in [7, 11) is 0. The molecule has 2 amide bonds. The van der Waals surface area contributed by atoms with Crippen molar-refractivity contribution in [2.45, 2.75) is 20.3 Å². The number of anilines is 5. The molecule has 0 spiro atoms. The predicted octanol–water partition coefficient (Wildman–Crippen LogP) is 4.53. The maximum absolute atomic E-state index is 14.3. The Balaban J connectivity index is 0.00000156. The number of fused-ring (bicyclic) bond motifs is 1. The molecule has 37 heavy (non-hydrogen) atoms. The largest absolute Gasteiger partial charge is 0.379 e. The fourth-order valence-corrected chi connectivity index (χ4v) is 4.21. The van der Waals surface area contributed by atoms with Crippen LogP contribution in [0.25, 0.3) is 0 Å². The Morgan fingerprint density at radius 1 is 1.03 bits per heavy atom. The van der Waals surface area contributed by atoms with Crippen LogP contribution in [0.15, 0.2) is 54.7 Å². The lowest BCUT2D eigenvalue weighted by atomic mass is 10.1. The van der Waals surface area contributed by atoms with Gasteiger partial charge in [-0.15, -0.1) is 0 Å². The van der Waals surface area contributed by atoms with Crippen molar-refractivity contribution >= 4 is 34.9 Å². The van der Waals surface area contributed by atoms with Crippen LogP contribution in [0.5, 0.6) is 0 Å². The first-order valence-corrected chi connectivity index (χ1v) is 12.8. The third-order valence-corrected chi connectivity index (χ3v) is 6.07. The average Bonchev–Trinajstić information content (AvgIpc) is 3.36. The van der Waals surface area contributed by atoms with E-state index in [-0.39, 0.29) is 17.8 Å². The number of hydrogen-bond donors (Lipinski definition) is 3. The van der Waals surface area contributed by atoms with Gasteiger partial charge in [0.1, 0.15) is 0 Å². The fourth-order valence-electron chi connectivity index (χ4n) is 4.21. The van der Waals surface area contributed by atoms with Gasteiger partial charge in [0.15, 0.2) is 11.6 Å². The Bertz CT molecular complexity index is 1170. The predicted molar refractivity (Wildman–Crippen MR) is 144 cm³/mol. The Labute approximate surface area is 217 Å². The Hall–Kier alpha value is -3.76. The normalized spacial score (nSPS) is 14.8. The van der Waals surface area contributed by atoms with Crippen LogP contribution in [-0.2, 0) is 11.2 Å². The number of halogens is 1. The van der Waals surface area contributed by atoms with Crippen LogP contribution in [0.1, 0.15) is 19.4 Å². The third-order valence-electron chi connectivity index (χ3n) is 6.07. The molecule has 0 aliphatic carbocycles. The zero-order chi connectivity index (χ0) is 26.0. The molecule has 2 aromatic carbocycles. The molecule has 0 unspecified atom stereocenters. The number of nitrogens with zero attached hydrogens (tertiary/aromatic N) is 4. The van der Waals surface area contributed by atoms with Crippen molar-refractivity contribution < 1.29 is 13.9 Å². The summed E-state index contributed by atoms with van der Waals surface area (Å²) in [5.74, 6) is -0.214. The van der Waals surface area contributed by atoms with Crippen molar-refractivity contribution in [1.82, 2.24) is 20.2 Å². The second kappa shape index (κ2) is 13.0. The lowest BCUT2D eigenvalue weighted by Crippen LogP contribution is -2.44. The first kappa shape index (κ1) is 26.3. The average molecular weight is 508 g/mol. The molecule has 10 heteroatoms. The van der Waals surface area contributed by atoms with Gasteiger partial charge in [0.25, 0.3) is 0 Å². The molecule has 2 aliphatic heterocycles. The summed E-state index contributed by atoms with van der Waals surface area (Å²) < 4.78 is 19.6. The molecule has 1 fully saturated rings. The first-order chi connectivity index (χ1) is 18.2. The summed E-state index contributed by atoms with van der Waals surface area (Å²) in [6, 6.07) is 15.0. The van der Waals surface area contributed by atoms with Gasteiger partial charge in [-0.25, -0.2) is 14.2 Å². The molecule has 9 nitrogen and oxygen atoms in total. The zero-order valence-electron chi connectivity index (χ0n) is 21.3. The standard InChI is InChI=1S/C25H28FN7O2.C2H6/c26-21-17-28-24(31-23(21)29-19-4-2-1-3-5-19)30-20-7-6-18-8-10-33(22(18)16-20)25(34)27-9-11-32-12-14-35-15-13-32;1-2/h1-7,16-17H,8-15H2,(H,27,34)(H2,28,29,30,31);1-2H3. The second-order valence-electron chi connectivity index (χ2n) is 8.44. The van der Waals surface area contributed by atoms with Crippen molar-refractivity contribution in [2.24, 2.45) is 0 Å². The maximum Gasteiger partial charge on any atom is 0.321 e. The number of nitrogens with one attached hydrogen (secondary N) is 3. The number of rotatable bonds is 7. The summed E-state index contributed by atoms with van der Waals surface area (Å²) in [4.78, 5) is 25.2. The monoisotopic (exact) mass is 507 g/mol. The summed E-state index contributed by atoms with van der Waals surface area (Å²) in [6.45, 7) is 9.29. The van der Waals surface area contributed by atoms with E-state index >= 15 is 0 Å².